The van der Waals surface area contributed by atoms with E-state index in [4.69, 9.17) is 4.42 Å². The predicted molar refractivity (Wildman–Crippen MR) is 120 cm³/mol. The first-order chi connectivity index (χ1) is 14.0. The summed E-state index contributed by atoms with van der Waals surface area (Å²) in [5.74, 6) is 0.0627. The van der Waals surface area contributed by atoms with Gasteiger partial charge in [0.1, 0.15) is 0 Å². The van der Waals surface area contributed by atoms with E-state index in [9.17, 15) is 4.79 Å². The number of rotatable bonds is 6. The number of hydrogen-bond acceptors (Lipinski definition) is 3. The minimum atomic E-state index is -0.231. The highest BCUT2D eigenvalue weighted by Crippen LogP contribution is 2.31. The topological polar surface area (TPSA) is 61.3 Å². The molecule has 4 rings (SSSR count). The van der Waals surface area contributed by atoms with Crippen molar-refractivity contribution in [2.45, 2.75) is 5.92 Å². The molecule has 0 bridgehead atoms. The molecule has 0 aliphatic rings. The lowest BCUT2D eigenvalue weighted by Gasteiger charge is -2.19. The van der Waals surface area contributed by atoms with Crippen LogP contribution < -0.4 is 10.2 Å². The van der Waals surface area contributed by atoms with E-state index >= 15 is 0 Å². The molecule has 0 aliphatic carbocycles. The summed E-state index contributed by atoms with van der Waals surface area (Å²) in [6.07, 6.45) is 2.03. The largest absolute Gasteiger partial charge is 0.444 e. The maximum absolute atomic E-state index is 12.5. The number of nitrogens with one attached hydrogen (secondary N) is 2. The molecule has 0 radical (unpaired) electrons. The number of H-pyrrole nitrogens is 1. The molecule has 0 aliphatic heterocycles. The van der Waals surface area contributed by atoms with Crippen molar-refractivity contribution >= 4 is 38.4 Å². The van der Waals surface area contributed by atoms with Crippen LogP contribution in [0.5, 0.6) is 0 Å². The van der Waals surface area contributed by atoms with Crippen LogP contribution in [0.1, 0.15) is 27.6 Å². The molecule has 148 valence electrons. The van der Waals surface area contributed by atoms with Crippen molar-refractivity contribution in [1.82, 2.24) is 10.3 Å². The number of halogens is 1. The standard InChI is InChI=1S/C23H22BrN3O2/c1-27(2)16-9-7-15(8-10-16)18(13-26-23(28)21-11-12-22(24)29-21)19-14-25-20-6-4-3-5-17(19)20/h3-12,14,18,25H,13H2,1-2H3,(H,26,28)/t18-/m0/s1. The van der Waals surface area contributed by atoms with Crippen LogP contribution in [0.25, 0.3) is 10.9 Å². The highest BCUT2D eigenvalue weighted by Gasteiger charge is 2.20. The maximum Gasteiger partial charge on any atom is 0.287 e. The van der Waals surface area contributed by atoms with Crippen molar-refractivity contribution in [2.75, 3.05) is 25.5 Å². The number of anilines is 1. The number of nitrogens with zero attached hydrogens (tertiary/aromatic N) is 1. The fraction of sp³-hybridized carbons (Fsp3) is 0.174. The fourth-order valence-electron chi connectivity index (χ4n) is 3.51. The van der Waals surface area contributed by atoms with Gasteiger partial charge in [0, 0.05) is 49.3 Å². The van der Waals surface area contributed by atoms with Crippen LogP contribution in [0.4, 0.5) is 5.69 Å². The molecule has 29 heavy (non-hydrogen) atoms. The predicted octanol–water partition coefficient (Wildman–Crippen LogP) is 5.15. The van der Waals surface area contributed by atoms with Gasteiger partial charge < -0.3 is 19.6 Å². The van der Waals surface area contributed by atoms with Crippen LogP contribution >= 0.6 is 15.9 Å². The van der Waals surface area contributed by atoms with E-state index in [1.54, 1.807) is 12.1 Å². The van der Waals surface area contributed by atoms with Crippen LogP contribution in [0.3, 0.4) is 0 Å². The molecular formula is C23H22BrN3O2. The third-order valence-corrected chi connectivity index (χ3v) is 5.50. The number of hydrogen-bond donors (Lipinski definition) is 2. The number of carbonyl (C=O) groups excluding carboxylic acids is 1. The second kappa shape index (κ2) is 8.17. The molecule has 0 fully saturated rings. The number of amides is 1. The number of carbonyl (C=O) groups is 1. The Morgan fingerprint density at radius 1 is 1.10 bits per heavy atom. The summed E-state index contributed by atoms with van der Waals surface area (Å²) >= 11 is 3.24. The number of furan rings is 1. The Bertz CT molecular complexity index is 1130. The lowest BCUT2D eigenvalue weighted by Crippen LogP contribution is -2.28. The van der Waals surface area contributed by atoms with E-state index < -0.39 is 0 Å². The Labute approximate surface area is 177 Å². The normalized spacial score (nSPS) is 12.1. The van der Waals surface area contributed by atoms with Gasteiger partial charge in [0.05, 0.1) is 0 Å². The Kier molecular flexibility index (Phi) is 5.45. The smallest absolute Gasteiger partial charge is 0.287 e. The Balaban J connectivity index is 1.66. The van der Waals surface area contributed by atoms with Crippen molar-refractivity contribution < 1.29 is 9.21 Å². The van der Waals surface area contributed by atoms with Gasteiger partial charge in [-0.15, -0.1) is 0 Å². The van der Waals surface area contributed by atoms with Crippen molar-refractivity contribution in [1.29, 1.82) is 0 Å². The zero-order valence-electron chi connectivity index (χ0n) is 16.3. The molecule has 0 saturated heterocycles. The van der Waals surface area contributed by atoms with E-state index in [1.807, 2.05) is 32.4 Å². The van der Waals surface area contributed by atoms with E-state index in [-0.39, 0.29) is 17.6 Å². The number of aromatic amines is 1. The van der Waals surface area contributed by atoms with E-state index in [2.05, 4.69) is 67.5 Å². The monoisotopic (exact) mass is 451 g/mol. The van der Waals surface area contributed by atoms with Crippen molar-refractivity contribution in [3.05, 3.63) is 88.4 Å². The lowest BCUT2D eigenvalue weighted by molar-refractivity contribution is 0.0923. The SMILES string of the molecule is CN(C)c1ccc([C@H](CNC(=O)c2ccc(Br)o2)c2c[nH]c3ccccc23)cc1. The second-order valence-corrected chi connectivity index (χ2v) is 7.92. The summed E-state index contributed by atoms with van der Waals surface area (Å²) in [7, 11) is 4.04. The average molecular weight is 452 g/mol. The average Bonchev–Trinajstić information content (AvgIpc) is 3.35. The zero-order valence-corrected chi connectivity index (χ0v) is 17.9. The van der Waals surface area contributed by atoms with Gasteiger partial charge in [-0.2, -0.15) is 0 Å². The molecule has 1 atom stereocenters. The Hall–Kier alpha value is -2.99. The van der Waals surface area contributed by atoms with Gasteiger partial charge in [-0.1, -0.05) is 30.3 Å². The van der Waals surface area contributed by atoms with Crippen LogP contribution in [0, 0.1) is 0 Å². The number of fused-ring (bicyclic) bond motifs is 1. The minimum absolute atomic E-state index is 0.00437. The maximum atomic E-state index is 12.5. The van der Waals surface area contributed by atoms with Gasteiger partial charge in [0.15, 0.2) is 10.4 Å². The fourth-order valence-corrected chi connectivity index (χ4v) is 3.82. The van der Waals surface area contributed by atoms with Crippen LogP contribution in [-0.2, 0) is 0 Å². The number of benzene rings is 2. The second-order valence-electron chi connectivity index (χ2n) is 7.14. The molecule has 2 aromatic carbocycles. The van der Waals surface area contributed by atoms with Gasteiger partial charge in [-0.05, 0) is 57.4 Å². The zero-order chi connectivity index (χ0) is 20.4. The third-order valence-electron chi connectivity index (χ3n) is 5.07. The molecule has 2 heterocycles. The Morgan fingerprint density at radius 2 is 1.86 bits per heavy atom. The molecular weight excluding hydrogens is 430 g/mol. The van der Waals surface area contributed by atoms with Gasteiger partial charge in [-0.3, -0.25) is 4.79 Å². The van der Waals surface area contributed by atoms with Crippen LogP contribution in [-0.4, -0.2) is 31.5 Å². The summed E-state index contributed by atoms with van der Waals surface area (Å²) in [5, 5.41) is 4.18. The first kappa shape index (κ1) is 19.3. The molecule has 5 nitrogen and oxygen atoms in total. The molecule has 4 aromatic rings. The Morgan fingerprint density at radius 3 is 2.55 bits per heavy atom. The van der Waals surface area contributed by atoms with Crippen molar-refractivity contribution in [3.63, 3.8) is 0 Å². The molecule has 2 N–H and O–H groups in total. The lowest BCUT2D eigenvalue weighted by atomic mass is 9.90. The van der Waals surface area contributed by atoms with E-state index in [0.717, 1.165) is 27.7 Å². The number of aromatic nitrogens is 1. The molecule has 0 spiro atoms. The van der Waals surface area contributed by atoms with Gasteiger partial charge >= 0.3 is 0 Å². The molecule has 0 saturated carbocycles. The van der Waals surface area contributed by atoms with Crippen LogP contribution in [0.15, 0.2) is 75.9 Å². The van der Waals surface area contributed by atoms with Crippen molar-refractivity contribution in [2.24, 2.45) is 0 Å². The molecule has 0 unspecified atom stereocenters. The van der Waals surface area contributed by atoms with Gasteiger partial charge in [0.25, 0.3) is 5.91 Å². The van der Waals surface area contributed by atoms with Gasteiger partial charge in [-0.25, -0.2) is 0 Å². The summed E-state index contributed by atoms with van der Waals surface area (Å²) in [5.41, 5.74) is 4.51. The van der Waals surface area contributed by atoms with E-state index in [0.29, 0.717) is 11.2 Å². The molecule has 2 aromatic heterocycles. The van der Waals surface area contributed by atoms with Crippen molar-refractivity contribution in [3.8, 4) is 0 Å². The summed E-state index contributed by atoms with van der Waals surface area (Å²) < 4.78 is 5.92. The minimum Gasteiger partial charge on any atom is -0.444 e. The van der Waals surface area contributed by atoms with Gasteiger partial charge in [0.2, 0.25) is 0 Å². The highest BCUT2D eigenvalue weighted by atomic mass is 79.9. The summed E-state index contributed by atoms with van der Waals surface area (Å²) in [4.78, 5) is 17.9. The first-order valence-corrected chi connectivity index (χ1v) is 10.2. The van der Waals surface area contributed by atoms with E-state index in [1.165, 1.54) is 0 Å². The van der Waals surface area contributed by atoms with Crippen LogP contribution in [0.2, 0.25) is 0 Å². The highest BCUT2D eigenvalue weighted by molar-refractivity contribution is 9.10. The summed E-state index contributed by atoms with van der Waals surface area (Å²) in [6, 6.07) is 20.0. The first-order valence-electron chi connectivity index (χ1n) is 9.40. The quantitative estimate of drug-likeness (QED) is 0.425. The number of para-hydroxylation sites is 1. The molecule has 1 amide bonds. The molecule has 6 heteroatoms. The third kappa shape index (κ3) is 4.07. The summed E-state index contributed by atoms with van der Waals surface area (Å²) in [6.45, 7) is 0.459.